The van der Waals surface area contributed by atoms with E-state index in [-0.39, 0.29) is 18.0 Å². The summed E-state index contributed by atoms with van der Waals surface area (Å²) >= 11 is 1.38. The van der Waals surface area contributed by atoms with Gasteiger partial charge in [-0.05, 0) is 27.7 Å². The highest BCUT2D eigenvalue weighted by molar-refractivity contribution is 7.99. The minimum Gasteiger partial charge on any atom is -0.353 e. The van der Waals surface area contributed by atoms with Crippen LogP contribution in [0.15, 0.2) is 5.16 Å². The van der Waals surface area contributed by atoms with Crippen molar-refractivity contribution in [3.63, 3.8) is 0 Å². The largest absolute Gasteiger partial charge is 0.353 e. The molecule has 0 saturated carbocycles. The van der Waals surface area contributed by atoms with Gasteiger partial charge in [-0.2, -0.15) is 0 Å². The van der Waals surface area contributed by atoms with Crippen molar-refractivity contribution in [2.24, 2.45) is 5.73 Å². The Bertz CT molecular complexity index is 402. The lowest BCUT2D eigenvalue weighted by atomic mass is 10.4. The summed E-state index contributed by atoms with van der Waals surface area (Å²) in [6.07, 6.45) is 0. The Morgan fingerprint density at radius 3 is 2.56 bits per heavy atom. The lowest BCUT2D eigenvalue weighted by molar-refractivity contribution is -0.119. The van der Waals surface area contributed by atoms with Gasteiger partial charge in [-0.1, -0.05) is 11.8 Å². The minimum atomic E-state index is 0.00241. The van der Waals surface area contributed by atoms with Crippen LogP contribution in [0.4, 0.5) is 0 Å². The summed E-state index contributed by atoms with van der Waals surface area (Å²) in [5.41, 5.74) is 5.61. The zero-order valence-corrected chi connectivity index (χ0v) is 12.1. The first kappa shape index (κ1) is 15.0. The topological polar surface area (TPSA) is 85.8 Å². The molecule has 1 heterocycles. The zero-order valence-electron chi connectivity index (χ0n) is 11.3. The fourth-order valence-electron chi connectivity index (χ4n) is 1.56. The van der Waals surface area contributed by atoms with E-state index in [2.05, 4.69) is 15.5 Å². The van der Waals surface area contributed by atoms with Crippen molar-refractivity contribution in [1.82, 2.24) is 20.1 Å². The molecule has 0 spiro atoms. The first-order valence-electron chi connectivity index (χ1n) is 6.01. The number of hydrogen-bond acceptors (Lipinski definition) is 5. The van der Waals surface area contributed by atoms with Crippen LogP contribution in [0, 0.1) is 0 Å². The Hall–Kier alpha value is -1.08. The molecule has 102 valence electrons. The molecule has 1 aromatic rings. The van der Waals surface area contributed by atoms with Crippen molar-refractivity contribution < 1.29 is 4.79 Å². The van der Waals surface area contributed by atoms with E-state index in [1.54, 1.807) is 0 Å². The number of aromatic nitrogens is 3. The van der Waals surface area contributed by atoms with Crippen molar-refractivity contribution in [2.45, 2.75) is 51.5 Å². The van der Waals surface area contributed by atoms with Crippen LogP contribution >= 0.6 is 11.8 Å². The molecular formula is C11H21N5OS. The van der Waals surface area contributed by atoms with Crippen LogP contribution in [0.3, 0.4) is 0 Å². The Morgan fingerprint density at radius 1 is 1.39 bits per heavy atom. The Morgan fingerprint density at radius 2 is 2.06 bits per heavy atom. The number of rotatable bonds is 6. The van der Waals surface area contributed by atoms with Gasteiger partial charge in [0.2, 0.25) is 5.91 Å². The molecule has 0 aliphatic carbocycles. The van der Waals surface area contributed by atoms with Crippen molar-refractivity contribution in [1.29, 1.82) is 0 Å². The second-order valence-electron chi connectivity index (χ2n) is 4.58. The van der Waals surface area contributed by atoms with Gasteiger partial charge in [-0.15, -0.1) is 10.2 Å². The molecule has 18 heavy (non-hydrogen) atoms. The molecule has 0 saturated heterocycles. The van der Waals surface area contributed by atoms with E-state index in [9.17, 15) is 4.79 Å². The Kier molecular flexibility index (Phi) is 5.61. The third-order valence-corrected chi connectivity index (χ3v) is 3.16. The van der Waals surface area contributed by atoms with E-state index in [1.165, 1.54) is 11.8 Å². The average Bonchev–Trinajstić information content (AvgIpc) is 2.68. The Labute approximate surface area is 112 Å². The molecule has 0 atom stereocenters. The maximum atomic E-state index is 11.6. The number of hydrogen-bond donors (Lipinski definition) is 2. The molecule has 0 aliphatic rings. The SMILES string of the molecule is CC(C)NC(=O)CSc1nnc(CN)n1C(C)C. The maximum Gasteiger partial charge on any atom is 0.230 e. The van der Waals surface area contributed by atoms with Gasteiger partial charge >= 0.3 is 0 Å². The van der Waals surface area contributed by atoms with Crippen molar-refractivity contribution >= 4 is 17.7 Å². The molecule has 1 rings (SSSR count). The Balaban J connectivity index is 2.67. The minimum absolute atomic E-state index is 0.00241. The fraction of sp³-hybridized carbons (Fsp3) is 0.727. The number of nitrogens with zero attached hydrogens (tertiary/aromatic N) is 3. The number of amides is 1. The highest BCUT2D eigenvalue weighted by Gasteiger charge is 2.15. The van der Waals surface area contributed by atoms with E-state index in [1.807, 2.05) is 32.3 Å². The summed E-state index contributed by atoms with van der Waals surface area (Å²) < 4.78 is 1.97. The summed E-state index contributed by atoms with van der Waals surface area (Å²) in [7, 11) is 0. The fourth-order valence-corrected chi connectivity index (χ4v) is 2.45. The predicted molar refractivity (Wildman–Crippen MR) is 72.3 cm³/mol. The first-order chi connectivity index (χ1) is 8.45. The summed E-state index contributed by atoms with van der Waals surface area (Å²) in [6.45, 7) is 8.31. The smallest absolute Gasteiger partial charge is 0.230 e. The number of nitrogens with two attached hydrogens (primary N) is 1. The van der Waals surface area contributed by atoms with E-state index in [0.29, 0.717) is 12.3 Å². The van der Waals surface area contributed by atoms with Gasteiger partial charge in [0.25, 0.3) is 0 Å². The van der Waals surface area contributed by atoms with E-state index in [0.717, 1.165) is 11.0 Å². The summed E-state index contributed by atoms with van der Waals surface area (Å²) in [5.74, 6) is 1.09. The van der Waals surface area contributed by atoms with Gasteiger partial charge in [-0.3, -0.25) is 4.79 Å². The van der Waals surface area contributed by atoms with Gasteiger partial charge < -0.3 is 15.6 Å². The molecule has 0 bridgehead atoms. The predicted octanol–water partition coefficient (Wildman–Crippen LogP) is 0.934. The molecule has 1 aromatic heterocycles. The maximum absolute atomic E-state index is 11.6. The van der Waals surface area contributed by atoms with Crippen molar-refractivity contribution in [3.8, 4) is 0 Å². The number of thioether (sulfide) groups is 1. The molecule has 7 heteroatoms. The van der Waals surface area contributed by atoms with Crippen LogP contribution in [0.2, 0.25) is 0 Å². The van der Waals surface area contributed by atoms with Crippen LogP contribution in [-0.4, -0.2) is 32.5 Å². The quantitative estimate of drug-likeness (QED) is 0.752. The zero-order chi connectivity index (χ0) is 13.7. The van der Waals surface area contributed by atoms with Crippen molar-refractivity contribution in [2.75, 3.05) is 5.75 Å². The van der Waals surface area contributed by atoms with E-state index in [4.69, 9.17) is 5.73 Å². The lowest BCUT2D eigenvalue weighted by Gasteiger charge is -2.13. The molecular weight excluding hydrogens is 250 g/mol. The molecule has 0 radical (unpaired) electrons. The lowest BCUT2D eigenvalue weighted by Crippen LogP contribution is -2.31. The molecule has 0 unspecified atom stereocenters. The highest BCUT2D eigenvalue weighted by atomic mass is 32.2. The molecule has 0 aliphatic heterocycles. The van der Waals surface area contributed by atoms with Crippen LogP contribution in [0.25, 0.3) is 0 Å². The number of nitrogens with one attached hydrogen (secondary N) is 1. The van der Waals surface area contributed by atoms with Crippen LogP contribution in [0.5, 0.6) is 0 Å². The van der Waals surface area contributed by atoms with E-state index < -0.39 is 0 Å². The molecule has 1 amide bonds. The second kappa shape index (κ2) is 6.75. The van der Waals surface area contributed by atoms with Gasteiger partial charge in [0.05, 0.1) is 12.3 Å². The molecule has 0 aromatic carbocycles. The molecule has 0 fully saturated rings. The van der Waals surface area contributed by atoms with Gasteiger partial charge in [0, 0.05) is 12.1 Å². The molecule has 6 nitrogen and oxygen atoms in total. The average molecular weight is 271 g/mol. The van der Waals surface area contributed by atoms with Crippen molar-refractivity contribution in [3.05, 3.63) is 5.82 Å². The standard InChI is InChI=1S/C11H21N5OS/c1-7(2)13-10(17)6-18-11-15-14-9(5-12)16(11)8(3)4/h7-8H,5-6,12H2,1-4H3,(H,13,17). The van der Waals surface area contributed by atoms with Crippen LogP contribution < -0.4 is 11.1 Å². The summed E-state index contributed by atoms with van der Waals surface area (Å²) in [5, 5.41) is 11.7. The van der Waals surface area contributed by atoms with Crippen LogP contribution in [0.1, 0.15) is 39.6 Å². The highest BCUT2D eigenvalue weighted by Crippen LogP contribution is 2.21. The first-order valence-corrected chi connectivity index (χ1v) is 7.00. The van der Waals surface area contributed by atoms with Gasteiger partial charge in [0.15, 0.2) is 5.16 Å². The third-order valence-electron chi connectivity index (χ3n) is 2.22. The van der Waals surface area contributed by atoms with Gasteiger partial charge in [-0.25, -0.2) is 0 Å². The van der Waals surface area contributed by atoms with E-state index >= 15 is 0 Å². The normalized spacial score (nSPS) is 11.3. The summed E-state index contributed by atoms with van der Waals surface area (Å²) in [6, 6.07) is 0.384. The molecule has 3 N–H and O–H groups in total. The monoisotopic (exact) mass is 271 g/mol. The second-order valence-corrected chi connectivity index (χ2v) is 5.52. The van der Waals surface area contributed by atoms with Gasteiger partial charge in [0.1, 0.15) is 5.82 Å². The number of carbonyl (C=O) groups excluding carboxylic acids is 1. The third kappa shape index (κ3) is 3.99. The van der Waals surface area contributed by atoms with Crippen LogP contribution in [-0.2, 0) is 11.3 Å². The summed E-state index contributed by atoms with van der Waals surface area (Å²) in [4.78, 5) is 11.6. The number of carbonyl (C=O) groups is 1.